The lowest BCUT2D eigenvalue weighted by Gasteiger charge is -2.31. The molecular formula is C12H16FNO. The molecule has 1 fully saturated rings. The van der Waals surface area contributed by atoms with Gasteiger partial charge in [0.1, 0.15) is 12.0 Å². The highest BCUT2D eigenvalue weighted by molar-refractivity contribution is 5.21. The van der Waals surface area contributed by atoms with E-state index in [-0.39, 0.29) is 18.1 Å². The number of benzene rings is 1. The van der Waals surface area contributed by atoms with E-state index in [1.807, 2.05) is 12.1 Å². The van der Waals surface area contributed by atoms with Gasteiger partial charge in [0.25, 0.3) is 0 Å². The summed E-state index contributed by atoms with van der Waals surface area (Å²) in [7, 11) is 0. The Labute approximate surface area is 89.4 Å². The Morgan fingerprint density at radius 1 is 1.47 bits per heavy atom. The van der Waals surface area contributed by atoms with E-state index in [9.17, 15) is 4.39 Å². The van der Waals surface area contributed by atoms with E-state index < -0.39 is 0 Å². The fourth-order valence-corrected chi connectivity index (χ4v) is 1.92. The second-order valence-corrected chi connectivity index (χ2v) is 3.80. The molecule has 2 nitrogen and oxygen atoms in total. The summed E-state index contributed by atoms with van der Waals surface area (Å²) in [6.45, 7) is 2.76. The van der Waals surface area contributed by atoms with E-state index in [1.54, 1.807) is 6.07 Å². The molecular weight excluding hydrogens is 193 g/mol. The number of hydrogen-bond acceptors (Lipinski definition) is 2. The molecule has 1 N–H and O–H groups in total. The van der Waals surface area contributed by atoms with Gasteiger partial charge in [-0.05, 0) is 18.9 Å². The minimum Gasteiger partial charge on any atom is -0.363 e. The molecule has 1 saturated heterocycles. The number of halogens is 1. The summed E-state index contributed by atoms with van der Waals surface area (Å²) in [5.74, 6) is -0.133. The Morgan fingerprint density at radius 3 is 3.00 bits per heavy atom. The summed E-state index contributed by atoms with van der Waals surface area (Å²) in [5.41, 5.74) is 0.749. The third-order valence-corrected chi connectivity index (χ3v) is 2.76. The second-order valence-electron chi connectivity index (χ2n) is 3.80. The Kier molecular flexibility index (Phi) is 3.34. The molecule has 0 spiro atoms. The van der Waals surface area contributed by atoms with Crippen LogP contribution in [0.15, 0.2) is 24.3 Å². The lowest BCUT2D eigenvalue weighted by atomic mass is 10.0. The summed E-state index contributed by atoms with van der Waals surface area (Å²) >= 11 is 0. The van der Waals surface area contributed by atoms with E-state index in [2.05, 4.69) is 12.2 Å². The molecule has 82 valence electrons. The normalized spacial score (nSPS) is 26.5. The van der Waals surface area contributed by atoms with Crippen LogP contribution < -0.4 is 5.32 Å². The zero-order valence-electron chi connectivity index (χ0n) is 8.87. The van der Waals surface area contributed by atoms with E-state index >= 15 is 0 Å². The highest BCUT2D eigenvalue weighted by atomic mass is 19.1. The lowest BCUT2D eigenvalue weighted by Crippen LogP contribution is -2.40. The van der Waals surface area contributed by atoms with Crippen LogP contribution in [0.3, 0.4) is 0 Å². The third-order valence-electron chi connectivity index (χ3n) is 2.76. The van der Waals surface area contributed by atoms with Crippen molar-refractivity contribution in [3.05, 3.63) is 35.6 Å². The number of hydrogen-bond donors (Lipinski definition) is 1. The van der Waals surface area contributed by atoms with Crippen molar-refractivity contribution < 1.29 is 9.13 Å². The molecule has 0 saturated carbocycles. The maximum absolute atomic E-state index is 13.5. The first kappa shape index (κ1) is 10.6. The summed E-state index contributed by atoms with van der Waals surface area (Å²) in [6, 6.07) is 7.02. The second kappa shape index (κ2) is 4.73. The van der Waals surface area contributed by atoms with Crippen molar-refractivity contribution >= 4 is 0 Å². The summed E-state index contributed by atoms with van der Waals surface area (Å²) in [6.07, 6.45) is 1.80. The van der Waals surface area contributed by atoms with Crippen LogP contribution >= 0.6 is 0 Å². The van der Waals surface area contributed by atoms with Crippen LogP contribution in [0.5, 0.6) is 0 Å². The van der Waals surface area contributed by atoms with Crippen molar-refractivity contribution in [1.82, 2.24) is 5.32 Å². The number of ether oxygens (including phenoxy) is 1. The van der Waals surface area contributed by atoms with Gasteiger partial charge in [-0.25, -0.2) is 4.39 Å². The van der Waals surface area contributed by atoms with Crippen molar-refractivity contribution in [1.29, 1.82) is 0 Å². The Balaban J connectivity index is 2.13. The zero-order valence-corrected chi connectivity index (χ0v) is 8.87. The maximum atomic E-state index is 13.5. The molecule has 2 rings (SSSR count). The van der Waals surface area contributed by atoms with Crippen molar-refractivity contribution in [2.24, 2.45) is 0 Å². The van der Waals surface area contributed by atoms with Crippen LogP contribution in [0.25, 0.3) is 0 Å². The summed E-state index contributed by atoms with van der Waals surface area (Å²) in [5, 5.41) is 3.30. The quantitative estimate of drug-likeness (QED) is 0.808. The third kappa shape index (κ3) is 2.36. The molecule has 1 aliphatic rings. The van der Waals surface area contributed by atoms with E-state index in [4.69, 9.17) is 4.74 Å². The van der Waals surface area contributed by atoms with Crippen molar-refractivity contribution in [2.75, 3.05) is 6.61 Å². The van der Waals surface area contributed by atoms with Crippen molar-refractivity contribution in [2.45, 2.75) is 32.0 Å². The largest absolute Gasteiger partial charge is 0.363 e. The molecule has 1 aromatic carbocycles. The van der Waals surface area contributed by atoms with Gasteiger partial charge in [0, 0.05) is 11.6 Å². The van der Waals surface area contributed by atoms with Gasteiger partial charge in [-0.1, -0.05) is 25.1 Å². The maximum Gasteiger partial charge on any atom is 0.127 e. The standard InChI is InChI=1S/C12H16FNO/c1-2-12-14-11(7-8-15-12)9-5-3-4-6-10(9)13/h3-6,11-12,14H,2,7-8H2,1H3. The lowest BCUT2D eigenvalue weighted by molar-refractivity contribution is -0.0208. The van der Waals surface area contributed by atoms with Gasteiger partial charge in [0.05, 0.1) is 6.61 Å². The average Bonchev–Trinajstić information content (AvgIpc) is 2.30. The molecule has 2 atom stereocenters. The van der Waals surface area contributed by atoms with Gasteiger partial charge in [-0.3, -0.25) is 5.32 Å². The smallest absolute Gasteiger partial charge is 0.127 e. The Hall–Kier alpha value is -0.930. The predicted molar refractivity (Wildman–Crippen MR) is 56.9 cm³/mol. The van der Waals surface area contributed by atoms with E-state index in [0.29, 0.717) is 6.61 Å². The van der Waals surface area contributed by atoms with Gasteiger partial charge in [-0.15, -0.1) is 0 Å². The minimum atomic E-state index is -0.133. The van der Waals surface area contributed by atoms with Gasteiger partial charge >= 0.3 is 0 Å². The molecule has 15 heavy (non-hydrogen) atoms. The van der Waals surface area contributed by atoms with Gasteiger partial charge in [0.2, 0.25) is 0 Å². The van der Waals surface area contributed by atoms with Crippen molar-refractivity contribution in [3.63, 3.8) is 0 Å². The van der Waals surface area contributed by atoms with Crippen LogP contribution in [0.2, 0.25) is 0 Å². The van der Waals surface area contributed by atoms with Crippen LogP contribution in [-0.4, -0.2) is 12.8 Å². The molecule has 1 aliphatic heterocycles. The van der Waals surface area contributed by atoms with Gasteiger partial charge < -0.3 is 4.74 Å². The summed E-state index contributed by atoms with van der Waals surface area (Å²) in [4.78, 5) is 0. The molecule has 2 unspecified atom stereocenters. The highest BCUT2D eigenvalue weighted by Crippen LogP contribution is 2.24. The first-order chi connectivity index (χ1) is 7.31. The van der Waals surface area contributed by atoms with E-state index in [1.165, 1.54) is 6.07 Å². The monoisotopic (exact) mass is 209 g/mol. The van der Waals surface area contributed by atoms with Crippen LogP contribution in [0.1, 0.15) is 31.4 Å². The molecule has 0 aliphatic carbocycles. The molecule has 1 heterocycles. The van der Waals surface area contributed by atoms with Crippen LogP contribution in [-0.2, 0) is 4.74 Å². The molecule has 0 radical (unpaired) electrons. The molecule has 0 amide bonds. The highest BCUT2D eigenvalue weighted by Gasteiger charge is 2.23. The van der Waals surface area contributed by atoms with Gasteiger partial charge in [0.15, 0.2) is 0 Å². The Morgan fingerprint density at radius 2 is 2.27 bits per heavy atom. The Bertz CT molecular complexity index is 329. The SMILES string of the molecule is CCC1NC(c2ccccc2F)CCO1. The summed E-state index contributed by atoms with van der Waals surface area (Å²) < 4.78 is 19.0. The molecule has 0 bridgehead atoms. The fourth-order valence-electron chi connectivity index (χ4n) is 1.92. The first-order valence-corrected chi connectivity index (χ1v) is 5.43. The van der Waals surface area contributed by atoms with Gasteiger partial charge in [-0.2, -0.15) is 0 Å². The zero-order chi connectivity index (χ0) is 10.7. The molecule has 1 aromatic rings. The van der Waals surface area contributed by atoms with E-state index in [0.717, 1.165) is 18.4 Å². The van der Waals surface area contributed by atoms with Crippen LogP contribution in [0.4, 0.5) is 4.39 Å². The number of nitrogens with one attached hydrogen (secondary N) is 1. The first-order valence-electron chi connectivity index (χ1n) is 5.43. The number of rotatable bonds is 2. The van der Waals surface area contributed by atoms with Crippen molar-refractivity contribution in [3.8, 4) is 0 Å². The topological polar surface area (TPSA) is 21.3 Å². The fraction of sp³-hybridized carbons (Fsp3) is 0.500. The van der Waals surface area contributed by atoms with Crippen LogP contribution in [0, 0.1) is 5.82 Å². The molecule has 0 aromatic heterocycles. The average molecular weight is 209 g/mol. The predicted octanol–water partition coefficient (Wildman–Crippen LogP) is 2.61. The minimum absolute atomic E-state index is 0.0587. The molecule has 3 heteroatoms.